The third-order valence-electron chi connectivity index (χ3n) is 3.02. The number of nitro benzene ring substituents is 1. The molecule has 20 heavy (non-hydrogen) atoms. The summed E-state index contributed by atoms with van der Waals surface area (Å²) in [5.41, 5.74) is 5.26. The zero-order valence-corrected chi connectivity index (χ0v) is 10.4. The number of nitrogens with zero attached hydrogens (tertiary/aromatic N) is 1. The molecule has 1 aliphatic rings. The highest BCUT2D eigenvalue weighted by atomic mass is 16.6. The molecular formula is C12H13N3O5. The fourth-order valence-electron chi connectivity index (χ4n) is 1.95. The molecule has 0 saturated carbocycles. The predicted octanol–water partition coefficient (Wildman–Crippen LogP) is -0.0326. The minimum absolute atomic E-state index is 0.0992. The number of ether oxygens (including phenoxy) is 1. The van der Waals surface area contributed by atoms with E-state index in [0.29, 0.717) is 13.0 Å². The normalized spacial score (nSPS) is 21.4. The molecule has 8 nitrogen and oxygen atoms in total. The highest BCUT2D eigenvalue weighted by molar-refractivity contribution is 5.90. The summed E-state index contributed by atoms with van der Waals surface area (Å²) in [5.74, 6) is -1.07. The van der Waals surface area contributed by atoms with Crippen LogP contribution < -0.4 is 11.1 Å². The second kappa shape index (κ2) is 5.66. The third kappa shape index (κ3) is 3.09. The van der Waals surface area contributed by atoms with Crippen molar-refractivity contribution in [2.75, 3.05) is 6.54 Å². The van der Waals surface area contributed by atoms with E-state index in [1.165, 1.54) is 24.3 Å². The summed E-state index contributed by atoms with van der Waals surface area (Å²) >= 11 is 0. The molecule has 0 aliphatic carbocycles. The first-order valence-corrected chi connectivity index (χ1v) is 5.95. The van der Waals surface area contributed by atoms with E-state index in [1.54, 1.807) is 0 Å². The molecule has 0 radical (unpaired) electrons. The number of non-ortho nitro benzene ring substituents is 1. The van der Waals surface area contributed by atoms with Gasteiger partial charge in [0.15, 0.2) is 0 Å². The number of rotatable bonds is 4. The van der Waals surface area contributed by atoms with Gasteiger partial charge in [-0.2, -0.15) is 0 Å². The van der Waals surface area contributed by atoms with Crippen LogP contribution in [0.5, 0.6) is 0 Å². The topological polar surface area (TPSA) is 125 Å². The molecule has 1 aromatic rings. The lowest BCUT2D eigenvalue weighted by molar-refractivity contribution is -0.384. The van der Waals surface area contributed by atoms with Gasteiger partial charge in [-0.3, -0.25) is 14.9 Å². The van der Waals surface area contributed by atoms with E-state index in [4.69, 9.17) is 10.5 Å². The van der Waals surface area contributed by atoms with Crippen LogP contribution in [-0.4, -0.2) is 35.5 Å². The molecule has 1 aliphatic heterocycles. The number of nitro groups is 1. The number of hydrogen-bond acceptors (Lipinski definition) is 6. The Bertz CT molecular complexity index is 543. The van der Waals surface area contributed by atoms with Gasteiger partial charge in [0.05, 0.1) is 16.5 Å². The Labute approximate surface area is 114 Å². The summed E-state index contributed by atoms with van der Waals surface area (Å²) in [4.78, 5) is 32.7. The monoisotopic (exact) mass is 279 g/mol. The summed E-state index contributed by atoms with van der Waals surface area (Å²) in [6, 6.07) is 4.62. The SMILES string of the molecule is NC(=O)[C@@H]1C[C@H](OC(=O)c2ccc([N+](=O)[O-])cc2)CN1. The van der Waals surface area contributed by atoms with E-state index in [0.717, 1.165) is 0 Å². The lowest BCUT2D eigenvalue weighted by Crippen LogP contribution is -2.36. The number of nitrogens with two attached hydrogens (primary N) is 1. The summed E-state index contributed by atoms with van der Waals surface area (Å²) in [7, 11) is 0. The van der Waals surface area contributed by atoms with Gasteiger partial charge < -0.3 is 15.8 Å². The Hall–Kier alpha value is -2.48. The molecule has 3 N–H and O–H groups in total. The standard InChI is InChI=1S/C12H13N3O5/c13-11(16)10-5-9(6-14-10)20-12(17)7-1-3-8(4-2-7)15(18)19/h1-4,9-10,14H,5-6H2,(H2,13,16)/t9-,10-/m0/s1. The molecule has 1 saturated heterocycles. The van der Waals surface area contributed by atoms with Gasteiger partial charge in [0.1, 0.15) is 6.10 Å². The van der Waals surface area contributed by atoms with Crippen molar-refractivity contribution in [1.82, 2.24) is 5.32 Å². The van der Waals surface area contributed by atoms with E-state index in [1.807, 2.05) is 0 Å². The number of esters is 1. The lowest BCUT2D eigenvalue weighted by Gasteiger charge is -2.10. The van der Waals surface area contributed by atoms with E-state index >= 15 is 0 Å². The number of amides is 1. The van der Waals surface area contributed by atoms with Gasteiger partial charge in [-0.15, -0.1) is 0 Å². The molecule has 8 heteroatoms. The van der Waals surface area contributed by atoms with Gasteiger partial charge in [0.25, 0.3) is 5.69 Å². The van der Waals surface area contributed by atoms with Crippen molar-refractivity contribution in [3.63, 3.8) is 0 Å². The van der Waals surface area contributed by atoms with Crippen LogP contribution in [0, 0.1) is 10.1 Å². The van der Waals surface area contributed by atoms with Crippen LogP contribution in [0.15, 0.2) is 24.3 Å². The summed E-state index contributed by atoms with van der Waals surface area (Å²) in [6.07, 6.45) is -0.108. The first-order valence-electron chi connectivity index (χ1n) is 5.95. The molecule has 106 valence electrons. The van der Waals surface area contributed by atoms with Crippen molar-refractivity contribution in [3.05, 3.63) is 39.9 Å². The van der Waals surface area contributed by atoms with Crippen molar-refractivity contribution in [2.24, 2.45) is 5.73 Å². The highest BCUT2D eigenvalue weighted by Gasteiger charge is 2.30. The van der Waals surface area contributed by atoms with Gasteiger partial charge in [-0.25, -0.2) is 4.79 Å². The number of primary amides is 1. The van der Waals surface area contributed by atoms with E-state index in [-0.39, 0.29) is 11.3 Å². The van der Waals surface area contributed by atoms with Gasteiger partial charge >= 0.3 is 5.97 Å². The smallest absolute Gasteiger partial charge is 0.338 e. The second-order valence-corrected chi connectivity index (χ2v) is 4.43. The molecule has 1 heterocycles. The molecule has 0 spiro atoms. The van der Waals surface area contributed by atoms with Crippen molar-refractivity contribution in [2.45, 2.75) is 18.6 Å². The van der Waals surface area contributed by atoms with Crippen molar-refractivity contribution >= 4 is 17.6 Å². The maximum absolute atomic E-state index is 11.8. The first kappa shape index (κ1) is 13.9. The van der Waals surface area contributed by atoms with Crippen LogP contribution in [0.3, 0.4) is 0 Å². The molecule has 2 atom stereocenters. The number of carbonyl (C=O) groups is 2. The van der Waals surface area contributed by atoms with Gasteiger partial charge in [-0.05, 0) is 12.1 Å². The average molecular weight is 279 g/mol. The third-order valence-corrected chi connectivity index (χ3v) is 3.02. The Morgan fingerprint density at radius 2 is 2.00 bits per heavy atom. The summed E-state index contributed by atoms with van der Waals surface area (Å²) in [5, 5.41) is 13.3. The van der Waals surface area contributed by atoms with Crippen LogP contribution >= 0.6 is 0 Å². The molecular weight excluding hydrogens is 266 g/mol. The van der Waals surface area contributed by atoms with Gasteiger partial charge in [-0.1, -0.05) is 0 Å². The highest BCUT2D eigenvalue weighted by Crippen LogP contribution is 2.16. The fourth-order valence-corrected chi connectivity index (χ4v) is 1.95. The quantitative estimate of drug-likeness (QED) is 0.453. The minimum atomic E-state index is -0.586. The number of hydrogen-bond donors (Lipinski definition) is 2. The Morgan fingerprint density at radius 3 is 2.50 bits per heavy atom. The molecule has 0 unspecified atom stereocenters. The molecule has 0 bridgehead atoms. The van der Waals surface area contributed by atoms with Crippen molar-refractivity contribution in [3.8, 4) is 0 Å². The Morgan fingerprint density at radius 1 is 1.35 bits per heavy atom. The number of benzene rings is 1. The van der Waals surface area contributed by atoms with Crippen LogP contribution in [0.25, 0.3) is 0 Å². The zero-order chi connectivity index (χ0) is 14.7. The van der Waals surface area contributed by atoms with Crippen LogP contribution in [0.2, 0.25) is 0 Å². The molecule has 1 aromatic carbocycles. The van der Waals surface area contributed by atoms with Crippen molar-refractivity contribution < 1.29 is 19.2 Å². The van der Waals surface area contributed by atoms with Crippen LogP contribution in [-0.2, 0) is 9.53 Å². The maximum atomic E-state index is 11.8. The Kier molecular flexibility index (Phi) is 3.94. The average Bonchev–Trinajstić information content (AvgIpc) is 2.87. The molecule has 1 fully saturated rings. The zero-order valence-electron chi connectivity index (χ0n) is 10.4. The van der Waals surface area contributed by atoms with Crippen LogP contribution in [0.1, 0.15) is 16.8 Å². The summed E-state index contributed by atoms with van der Waals surface area (Å²) < 4.78 is 5.20. The number of nitrogens with one attached hydrogen (secondary N) is 1. The fraction of sp³-hybridized carbons (Fsp3) is 0.333. The first-order chi connectivity index (χ1) is 9.47. The Balaban J connectivity index is 1.95. The largest absolute Gasteiger partial charge is 0.457 e. The van der Waals surface area contributed by atoms with E-state index < -0.39 is 28.9 Å². The summed E-state index contributed by atoms with van der Waals surface area (Å²) in [6.45, 7) is 0.354. The molecule has 2 rings (SSSR count). The van der Waals surface area contributed by atoms with Gasteiger partial charge in [0, 0.05) is 25.1 Å². The second-order valence-electron chi connectivity index (χ2n) is 4.43. The lowest BCUT2D eigenvalue weighted by atomic mass is 10.2. The molecule has 0 aromatic heterocycles. The van der Waals surface area contributed by atoms with Crippen LogP contribution in [0.4, 0.5) is 5.69 Å². The number of carbonyl (C=O) groups excluding carboxylic acids is 2. The van der Waals surface area contributed by atoms with Crippen molar-refractivity contribution in [1.29, 1.82) is 0 Å². The maximum Gasteiger partial charge on any atom is 0.338 e. The van der Waals surface area contributed by atoms with E-state index in [9.17, 15) is 19.7 Å². The molecule has 1 amide bonds. The minimum Gasteiger partial charge on any atom is -0.457 e. The van der Waals surface area contributed by atoms with E-state index in [2.05, 4.69) is 5.32 Å². The van der Waals surface area contributed by atoms with Gasteiger partial charge in [0.2, 0.25) is 5.91 Å². The predicted molar refractivity (Wildman–Crippen MR) is 67.9 cm³/mol.